The molecular formula is C26H27FN10O2. The summed E-state index contributed by atoms with van der Waals surface area (Å²) in [6.07, 6.45) is 6.93. The summed E-state index contributed by atoms with van der Waals surface area (Å²) in [7, 11) is 0. The Hall–Kier alpha value is -4.70. The zero-order valence-electron chi connectivity index (χ0n) is 21.4. The van der Waals surface area contributed by atoms with Crippen LogP contribution in [0.5, 0.6) is 0 Å². The number of pyridine rings is 2. The Morgan fingerprint density at radius 3 is 2.77 bits per heavy atom. The van der Waals surface area contributed by atoms with Crippen molar-refractivity contribution in [3.05, 3.63) is 60.3 Å². The van der Waals surface area contributed by atoms with Crippen LogP contribution in [0, 0.1) is 11.3 Å². The molecule has 1 aliphatic rings. The highest BCUT2D eigenvalue weighted by molar-refractivity contribution is 5.99. The first-order valence-electron chi connectivity index (χ1n) is 12.4. The number of halogens is 1. The van der Waals surface area contributed by atoms with Gasteiger partial charge in [-0.2, -0.15) is 15.0 Å². The van der Waals surface area contributed by atoms with Gasteiger partial charge in [0.05, 0.1) is 35.2 Å². The lowest BCUT2D eigenvalue weighted by atomic mass is 10.0. The summed E-state index contributed by atoms with van der Waals surface area (Å²) in [5, 5.41) is 30.1. The third-order valence-electron chi connectivity index (χ3n) is 6.48. The van der Waals surface area contributed by atoms with E-state index >= 15 is 0 Å². The van der Waals surface area contributed by atoms with Crippen molar-refractivity contribution in [2.75, 3.05) is 29.9 Å². The topological polar surface area (TPSA) is 158 Å². The van der Waals surface area contributed by atoms with Gasteiger partial charge in [0.15, 0.2) is 11.5 Å². The first-order valence-corrected chi connectivity index (χ1v) is 12.4. The molecule has 13 heteroatoms. The first-order chi connectivity index (χ1) is 18.7. The molecule has 0 bridgehead atoms. The molecule has 1 saturated heterocycles. The van der Waals surface area contributed by atoms with Crippen LogP contribution in [-0.2, 0) is 0 Å². The molecule has 3 N–H and O–H groups in total. The number of amides is 1. The zero-order valence-corrected chi connectivity index (χ0v) is 21.4. The number of alkyl halides is 1. The molecule has 4 aromatic heterocycles. The van der Waals surface area contributed by atoms with Crippen LogP contribution in [0.3, 0.4) is 0 Å². The van der Waals surface area contributed by atoms with E-state index in [9.17, 15) is 14.3 Å². The van der Waals surface area contributed by atoms with Crippen molar-refractivity contribution >= 4 is 28.6 Å². The van der Waals surface area contributed by atoms with Crippen molar-refractivity contribution in [3.63, 3.8) is 0 Å². The largest absolute Gasteiger partial charge is 0.387 e. The van der Waals surface area contributed by atoms with Crippen LogP contribution in [0.15, 0.2) is 49.2 Å². The molecule has 39 heavy (non-hydrogen) atoms. The van der Waals surface area contributed by atoms with E-state index in [1.54, 1.807) is 36.8 Å². The Bertz CT molecular complexity index is 1530. The number of nitriles is 1. The zero-order chi connectivity index (χ0) is 27.6. The van der Waals surface area contributed by atoms with E-state index in [0.29, 0.717) is 40.6 Å². The molecule has 2 atom stereocenters. The van der Waals surface area contributed by atoms with E-state index in [4.69, 9.17) is 5.26 Å². The lowest BCUT2D eigenvalue weighted by molar-refractivity contribution is -0.00177. The number of hydrogen-bond acceptors (Lipinski definition) is 10. The standard InChI is InChI=1S/C26H27FN10O2/c1-26(2,39)21(27)14-33-24(38)19-13-31-22(37-23-17(12-34-37)8-16(10-28)11-32-23)9-20(19)35-18-4-7-36(15-18)25-29-5-3-6-30-25/h3,5-6,8-9,11-13,18,21,39H,4,7,14-15H2,1-2H3,(H,31,35)(H,33,38). The Morgan fingerprint density at radius 1 is 1.23 bits per heavy atom. The monoisotopic (exact) mass is 530 g/mol. The van der Waals surface area contributed by atoms with Crippen molar-refractivity contribution in [3.8, 4) is 11.9 Å². The van der Waals surface area contributed by atoms with Gasteiger partial charge in [-0.25, -0.2) is 24.3 Å². The van der Waals surface area contributed by atoms with E-state index in [0.717, 1.165) is 13.0 Å². The molecule has 1 aliphatic heterocycles. The van der Waals surface area contributed by atoms with Crippen LogP contribution < -0.4 is 15.5 Å². The Balaban J connectivity index is 1.44. The predicted octanol–water partition coefficient (Wildman–Crippen LogP) is 2.01. The number of rotatable bonds is 8. The van der Waals surface area contributed by atoms with Crippen molar-refractivity contribution < 1.29 is 14.3 Å². The molecule has 5 heterocycles. The molecule has 0 radical (unpaired) electrons. The van der Waals surface area contributed by atoms with Gasteiger partial charge in [0.1, 0.15) is 12.2 Å². The summed E-state index contributed by atoms with van der Waals surface area (Å²) in [6, 6.07) is 7.15. The van der Waals surface area contributed by atoms with Gasteiger partial charge in [-0.1, -0.05) is 0 Å². The molecule has 1 amide bonds. The molecule has 4 aromatic rings. The third kappa shape index (κ3) is 5.60. The number of aliphatic hydroxyl groups is 1. The predicted molar refractivity (Wildman–Crippen MR) is 141 cm³/mol. The molecule has 0 saturated carbocycles. The number of nitrogens with zero attached hydrogens (tertiary/aromatic N) is 8. The van der Waals surface area contributed by atoms with Crippen molar-refractivity contribution in [1.29, 1.82) is 5.26 Å². The average molecular weight is 531 g/mol. The minimum absolute atomic E-state index is 0.0356. The number of anilines is 2. The van der Waals surface area contributed by atoms with Gasteiger partial charge in [0.25, 0.3) is 5.91 Å². The summed E-state index contributed by atoms with van der Waals surface area (Å²) >= 11 is 0. The van der Waals surface area contributed by atoms with E-state index < -0.39 is 17.7 Å². The van der Waals surface area contributed by atoms with E-state index in [1.807, 2.05) is 4.90 Å². The van der Waals surface area contributed by atoms with Crippen LogP contribution >= 0.6 is 0 Å². The highest BCUT2D eigenvalue weighted by Crippen LogP contribution is 2.25. The second-order valence-electron chi connectivity index (χ2n) is 9.85. The van der Waals surface area contributed by atoms with E-state index in [-0.39, 0.29) is 18.2 Å². The maximum absolute atomic E-state index is 14.3. The molecule has 5 rings (SSSR count). The van der Waals surface area contributed by atoms with Crippen molar-refractivity contribution in [2.45, 2.75) is 38.1 Å². The van der Waals surface area contributed by atoms with Gasteiger partial charge in [-0.3, -0.25) is 4.79 Å². The fourth-order valence-electron chi connectivity index (χ4n) is 4.27. The molecule has 0 spiro atoms. The fourth-order valence-corrected chi connectivity index (χ4v) is 4.27. The molecular weight excluding hydrogens is 503 g/mol. The van der Waals surface area contributed by atoms with Crippen LogP contribution in [0.25, 0.3) is 16.9 Å². The number of fused-ring (bicyclic) bond motifs is 1. The maximum atomic E-state index is 14.3. The van der Waals surface area contributed by atoms with Crippen molar-refractivity contribution in [2.24, 2.45) is 0 Å². The second-order valence-corrected chi connectivity index (χ2v) is 9.85. The summed E-state index contributed by atoms with van der Waals surface area (Å²) in [5.41, 5.74) is 0.0165. The van der Waals surface area contributed by atoms with Crippen LogP contribution in [0.4, 0.5) is 16.0 Å². The highest BCUT2D eigenvalue weighted by atomic mass is 19.1. The first kappa shape index (κ1) is 25.9. The summed E-state index contributed by atoms with van der Waals surface area (Å²) in [6.45, 7) is 3.67. The number of carbonyl (C=O) groups is 1. The fraction of sp³-hybridized carbons (Fsp3) is 0.346. The summed E-state index contributed by atoms with van der Waals surface area (Å²) in [4.78, 5) is 32.6. The molecule has 1 fully saturated rings. The van der Waals surface area contributed by atoms with Crippen LogP contribution in [-0.4, -0.2) is 78.2 Å². The van der Waals surface area contributed by atoms with Gasteiger partial charge in [-0.15, -0.1) is 0 Å². The Morgan fingerprint density at radius 2 is 2.03 bits per heavy atom. The van der Waals surface area contributed by atoms with E-state index in [1.165, 1.54) is 30.9 Å². The maximum Gasteiger partial charge on any atom is 0.255 e. The smallest absolute Gasteiger partial charge is 0.255 e. The van der Waals surface area contributed by atoms with Gasteiger partial charge < -0.3 is 20.6 Å². The minimum atomic E-state index is -1.65. The minimum Gasteiger partial charge on any atom is -0.387 e. The molecule has 0 aliphatic carbocycles. The van der Waals surface area contributed by atoms with Gasteiger partial charge in [0.2, 0.25) is 5.95 Å². The molecule has 12 nitrogen and oxygen atoms in total. The number of aromatic nitrogens is 6. The number of hydrogen-bond donors (Lipinski definition) is 3. The van der Waals surface area contributed by atoms with Gasteiger partial charge in [-0.05, 0) is 32.4 Å². The summed E-state index contributed by atoms with van der Waals surface area (Å²) in [5.74, 6) is 0.496. The quantitative estimate of drug-likeness (QED) is 0.308. The normalized spacial score (nSPS) is 16.2. The highest BCUT2D eigenvalue weighted by Gasteiger charge is 2.29. The molecule has 0 aromatic carbocycles. The Kier molecular flexibility index (Phi) is 7.03. The van der Waals surface area contributed by atoms with E-state index in [2.05, 4.69) is 41.7 Å². The second kappa shape index (κ2) is 10.6. The van der Waals surface area contributed by atoms with Gasteiger partial charge in [0, 0.05) is 55.4 Å². The molecule has 2 unspecified atom stereocenters. The third-order valence-corrected chi connectivity index (χ3v) is 6.48. The number of nitrogens with one attached hydrogen (secondary N) is 2. The van der Waals surface area contributed by atoms with Gasteiger partial charge >= 0.3 is 0 Å². The van der Waals surface area contributed by atoms with Crippen molar-refractivity contribution in [1.82, 2.24) is 35.0 Å². The summed E-state index contributed by atoms with van der Waals surface area (Å²) < 4.78 is 15.8. The van der Waals surface area contributed by atoms with Crippen LogP contribution in [0.1, 0.15) is 36.2 Å². The molecule has 200 valence electrons. The average Bonchev–Trinajstić information content (AvgIpc) is 3.58. The number of carbonyl (C=O) groups excluding carboxylic acids is 1. The SMILES string of the molecule is CC(C)(O)C(F)CNC(=O)c1cnc(-n2ncc3cc(C#N)cnc32)cc1NC1CCN(c2ncccn2)C1. The van der Waals surface area contributed by atoms with Crippen LogP contribution in [0.2, 0.25) is 0 Å². The lowest BCUT2D eigenvalue weighted by Gasteiger charge is -2.23. The Labute approximate surface area is 223 Å². The lowest BCUT2D eigenvalue weighted by Crippen LogP contribution is -2.42.